The summed E-state index contributed by atoms with van der Waals surface area (Å²) in [6.45, 7) is 8.82. The van der Waals surface area contributed by atoms with Crippen molar-refractivity contribution in [1.29, 1.82) is 0 Å². The SMILES string of the molecule is CN=C(NCCCNC(=O)OC(C)(C)C)NCc1ccc(-n2ccnc2C)c(F)c1.I. The molecule has 1 heterocycles. The number of carbonyl (C=O) groups is 1. The van der Waals surface area contributed by atoms with Gasteiger partial charge in [0.2, 0.25) is 0 Å². The minimum Gasteiger partial charge on any atom is -0.444 e. The summed E-state index contributed by atoms with van der Waals surface area (Å²) in [5.74, 6) is 1.01. The molecule has 2 rings (SSSR count). The van der Waals surface area contributed by atoms with Crippen molar-refractivity contribution in [2.24, 2.45) is 4.99 Å². The first-order valence-electron chi connectivity index (χ1n) is 9.89. The molecule has 3 N–H and O–H groups in total. The lowest BCUT2D eigenvalue weighted by Gasteiger charge is -2.19. The first-order chi connectivity index (χ1) is 14.2. The molecule has 0 atom stereocenters. The number of aryl methyl sites for hydroxylation is 1. The topological polar surface area (TPSA) is 92.6 Å². The number of rotatable bonds is 7. The van der Waals surface area contributed by atoms with Gasteiger partial charge in [0.1, 0.15) is 17.2 Å². The summed E-state index contributed by atoms with van der Waals surface area (Å²) in [5.41, 5.74) is 0.751. The van der Waals surface area contributed by atoms with Crippen molar-refractivity contribution in [1.82, 2.24) is 25.5 Å². The first-order valence-corrected chi connectivity index (χ1v) is 9.89. The van der Waals surface area contributed by atoms with Gasteiger partial charge in [-0.3, -0.25) is 4.99 Å². The highest BCUT2D eigenvalue weighted by atomic mass is 127. The third kappa shape index (κ3) is 9.11. The van der Waals surface area contributed by atoms with Crippen molar-refractivity contribution in [2.75, 3.05) is 20.1 Å². The Morgan fingerprint density at radius 3 is 2.52 bits per heavy atom. The molecule has 0 spiro atoms. The summed E-state index contributed by atoms with van der Waals surface area (Å²) in [6.07, 6.45) is 3.65. The predicted octanol–water partition coefficient (Wildman–Crippen LogP) is 3.52. The van der Waals surface area contributed by atoms with Crippen LogP contribution in [-0.4, -0.2) is 47.3 Å². The molecule has 2 aromatic rings. The predicted molar refractivity (Wildman–Crippen MR) is 131 cm³/mol. The van der Waals surface area contributed by atoms with Gasteiger partial charge in [-0.15, -0.1) is 24.0 Å². The summed E-state index contributed by atoms with van der Waals surface area (Å²) < 4.78 is 21.4. The molecule has 10 heteroatoms. The number of hydrogen-bond donors (Lipinski definition) is 3. The van der Waals surface area contributed by atoms with Crippen LogP contribution in [-0.2, 0) is 11.3 Å². The molecule has 0 aliphatic carbocycles. The largest absolute Gasteiger partial charge is 0.444 e. The van der Waals surface area contributed by atoms with Gasteiger partial charge in [0.15, 0.2) is 5.96 Å². The van der Waals surface area contributed by atoms with E-state index in [1.165, 1.54) is 6.07 Å². The molecule has 1 amide bonds. The summed E-state index contributed by atoms with van der Waals surface area (Å²) in [6, 6.07) is 5.10. The van der Waals surface area contributed by atoms with Gasteiger partial charge in [0.25, 0.3) is 0 Å². The lowest BCUT2D eigenvalue weighted by molar-refractivity contribution is 0.0527. The zero-order chi connectivity index (χ0) is 22.1. The zero-order valence-electron chi connectivity index (χ0n) is 18.7. The Hall–Kier alpha value is -2.37. The van der Waals surface area contributed by atoms with E-state index in [0.29, 0.717) is 37.7 Å². The number of nitrogens with zero attached hydrogens (tertiary/aromatic N) is 3. The summed E-state index contributed by atoms with van der Waals surface area (Å²) in [7, 11) is 1.67. The van der Waals surface area contributed by atoms with E-state index in [-0.39, 0.29) is 29.8 Å². The van der Waals surface area contributed by atoms with Crippen molar-refractivity contribution >= 4 is 36.0 Å². The Labute approximate surface area is 200 Å². The lowest BCUT2D eigenvalue weighted by Crippen LogP contribution is -2.39. The maximum atomic E-state index is 14.5. The molecule has 0 unspecified atom stereocenters. The fraction of sp³-hybridized carbons (Fsp3) is 0.476. The molecule has 172 valence electrons. The number of halogens is 2. The molecule has 0 fully saturated rings. The zero-order valence-corrected chi connectivity index (χ0v) is 21.0. The average molecular weight is 546 g/mol. The van der Waals surface area contributed by atoms with Gasteiger partial charge in [-0.2, -0.15) is 0 Å². The Morgan fingerprint density at radius 1 is 1.23 bits per heavy atom. The molecular weight excluding hydrogens is 514 g/mol. The second-order valence-corrected chi connectivity index (χ2v) is 7.76. The van der Waals surface area contributed by atoms with Crippen LogP contribution in [0.3, 0.4) is 0 Å². The fourth-order valence-electron chi connectivity index (χ4n) is 2.69. The molecule has 0 aliphatic rings. The number of aliphatic imine (C=N–C) groups is 1. The maximum absolute atomic E-state index is 14.5. The Kier molecular flexibility index (Phi) is 10.7. The number of amides is 1. The van der Waals surface area contributed by atoms with E-state index in [4.69, 9.17) is 4.74 Å². The second-order valence-electron chi connectivity index (χ2n) is 7.76. The highest BCUT2D eigenvalue weighted by Crippen LogP contribution is 2.16. The third-order valence-electron chi connectivity index (χ3n) is 4.10. The van der Waals surface area contributed by atoms with Crippen molar-refractivity contribution in [2.45, 2.75) is 46.3 Å². The fourth-order valence-corrected chi connectivity index (χ4v) is 2.69. The third-order valence-corrected chi connectivity index (χ3v) is 4.10. The summed E-state index contributed by atoms with van der Waals surface area (Å²) in [4.78, 5) is 19.9. The summed E-state index contributed by atoms with van der Waals surface area (Å²) >= 11 is 0. The van der Waals surface area contributed by atoms with Crippen molar-refractivity contribution in [3.05, 3.63) is 47.8 Å². The van der Waals surface area contributed by atoms with Crippen LogP contribution >= 0.6 is 24.0 Å². The number of benzene rings is 1. The molecule has 0 bridgehead atoms. The van der Waals surface area contributed by atoms with Crippen LogP contribution in [0.15, 0.2) is 35.6 Å². The minimum atomic E-state index is -0.510. The Morgan fingerprint density at radius 2 is 1.94 bits per heavy atom. The van der Waals surface area contributed by atoms with E-state index in [1.807, 2.05) is 33.8 Å². The maximum Gasteiger partial charge on any atom is 0.407 e. The van der Waals surface area contributed by atoms with Crippen molar-refractivity contribution in [3.63, 3.8) is 0 Å². The molecule has 0 aliphatic heterocycles. The number of nitrogens with one attached hydrogen (secondary N) is 3. The highest BCUT2D eigenvalue weighted by Gasteiger charge is 2.15. The van der Waals surface area contributed by atoms with E-state index < -0.39 is 11.7 Å². The lowest BCUT2D eigenvalue weighted by atomic mass is 10.2. The van der Waals surface area contributed by atoms with E-state index in [2.05, 4.69) is 25.9 Å². The Balaban J connectivity index is 0.00000480. The van der Waals surface area contributed by atoms with E-state index in [1.54, 1.807) is 30.1 Å². The smallest absolute Gasteiger partial charge is 0.407 e. The van der Waals surface area contributed by atoms with Crippen LogP contribution in [0.5, 0.6) is 0 Å². The normalized spacial score (nSPS) is 11.5. The van der Waals surface area contributed by atoms with Gasteiger partial charge in [-0.25, -0.2) is 14.2 Å². The van der Waals surface area contributed by atoms with Crippen LogP contribution < -0.4 is 16.0 Å². The van der Waals surface area contributed by atoms with E-state index >= 15 is 0 Å². The molecule has 0 saturated carbocycles. The standard InChI is InChI=1S/C21H31FN6O2.HI/c1-15-24-11-12-28(15)18-8-7-16(13-17(18)22)14-27-19(23-5)25-9-6-10-26-20(29)30-21(2,3)4;/h7-8,11-13H,6,9-10,14H2,1-5H3,(H,26,29)(H2,23,25,27);1H. The molecule has 31 heavy (non-hydrogen) atoms. The second kappa shape index (κ2) is 12.5. The molecule has 0 saturated heterocycles. The van der Waals surface area contributed by atoms with Crippen LogP contribution in [0, 0.1) is 12.7 Å². The molecule has 1 aromatic heterocycles. The van der Waals surface area contributed by atoms with Gasteiger partial charge < -0.3 is 25.3 Å². The molecule has 0 radical (unpaired) electrons. The van der Waals surface area contributed by atoms with Gasteiger partial charge in [0, 0.05) is 39.1 Å². The van der Waals surface area contributed by atoms with Crippen LogP contribution in [0.25, 0.3) is 5.69 Å². The van der Waals surface area contributed by atoms with Gasteiger partial charge in [-0.1, -0.05) is 6.07 Å². The van der Waals surface area contributed by atoms with Gasteiger partial charge >= 0.3 is 6.09 Å². The quantitative estimate of drug-likeness (QED) is 0.214. The summed E-state index contributed by atoms with van der Waals surface area (Å²) in [5, 5.41) is 9.01. The van der Waals surface area contributed by atoms with Gasteiger partial charge in [0.05, 0.1) is 5.69 Å². The minimum absolute atomic E-state index is 0. The van der Waals surface area contributed by atoms with Gasteiger partial charge in [-0.05, 0) is 51.8 Å². The number of aromatic nitrogens is 2. The van der Waals surface area contributed by atoms with Crippen LogP contribution in [0.1, 0.15) is 38.6 Å². The van der Waals surface area contributed by atoms with E-state index in [0.717, 1.165) is 11.4 Å². The number of carbonyl (C=O) groups excluding carboxylic acids is 1. The monoisotopic (exact) mass is 546 g/mol. The number of guanidine groups is 1. The molecule has 1 aromatic carbocycles. The first kappa shape index (κ1) is 26.7. The van der Waals surface area contributed by atoms with Crippen LogP contribution in [0.2, 0.25) is 0 Å². The molecule has 8 nitrogen and oxygen atoms in total. The molecular formula is C21H32FIN6O2. The average Bonchev–Trinajstić information content (AvgIpc) is 3.08. The number of ether oxygens (including phenoxy) is 1. The van der Waals surface area contributed by atoms with E-state index in [9.17, 15) is 9.18 Å². The van der Waals surface area contributed by atoms with Crippen molar-refractivity contribution in [3.8, 4) is 5.69 Å². The highest BCUT2D eigenvalue weighted by molar-refractivity contribution is 14.0. The number of hydrogen-bond acceptors (Lipinski definition) is 4. The van der Waals surface area contributed by atoms with Crippen LogP contribution in [0.4, 0.5) is 9.18 Å². The van der Waals surface area contributed by atoms with Crippen molar-refractivity contribution < 1.29 is 13.9 Å². The number of imidazole rings is 1. The number of alkyl carbamates (subject to hydrolysis) is 1. The Bertz CT molecular complexity index is 879.